The van der Waals surface area contributed by atoms with Gasteiger partial charge in [-0.3, -0.25) is 9.59 Å². The number of rotatable bonds is 4. The Kier molecular flexibility index (Phi) is 5.26. The Bertz CT molecular complexity index is 611. The van der Waals surface area contributed by atoms with E-state index < -0.39 is 0 Å². The van der Waals surface area contributed by atoms with Gasteiger partial charge in [-0.25, -0.2) is 0 Å². The topological polar surface area (TPSA) is 49.9 Å². The molecule has 0 bridgehead atoms. The molecule has 0 spiro atoms. The molecule has 3 rings (SSSR count). The number of benzene rings is 1. The zero-order valence-electron chi connectivity index (χ0n) is 12.6. The highest BCUT2D eigenvalue weighted by Gasteiger charge is 2.35. The molecule has 23 heavy (non-hydrogen) atoms. The number of hydrogen-bond donors (Lipinski definition) is 0. The van der Waals surface area contributed by atoms with Crippen LogP contribution in [0.5, 0.6) is 5.75 Å². The van der Waals surface area contributed by atoms with E-state index in [9.17, 15) is 9.59 Å². The standard InChI is InChI=1S/C16H18Br2N2O3/c17-12-3-4-14(13(18)9-12)23-10-15(21)19-5-7-20(8-6-19)16(22)11-1-2-11/h3-4,9,11H,1-2,5-8,10H2. The van der Waals surface area contributed by atoms with Crippen LogP contribution in [0.15, 0.2) is 27.1 Å². The van der Waals surface area contributed by atoms with E-state index in [0.29, 0.717) is 31.9 Å². The predicted octanol–water partition coefficient (Wildman–Crippen LogP) is 2.67. The van der Waals surface area contributed by atoms with Crippen LogP contribution in [-0.2, 0) is 9.59 Å². The Balaban J connectivity index is 1.46. The van der Waals surface area contributed by atoms with Gasteiger partial charge in [0.2, 0.25) is 5.91 Å². The molecule has 1 saturated carbocycles. The summed E-state index contributed by atoms with van der Waals surface area (Å²) in [5.41, 5.74) is 0. The summed E-state index contributed by atoms with van der Waals surface area (Å²) in [5.74, 6) is 1.10. The van der Waals surface area contributed by atoms with Crippen LogP contribution in [0.3, 0.4) is 0 Å². The highest BCUT2D eigenvalue weighted by atomic mass is 79.9. The van der Waals surface area contributed by atoms with E-state index in [4.69, 9.17) is 4.74 Å². The molecule has 0 unspecified atom stereocenters. The molecular weight excluding hydrogens is 428 g/mol. The van der Waals surface area contributed by atoms with Gasteiger partial charge in [0.15, 0.2) is 6.61 Å². The molecule has 1 aromatic rings. The van der Waals surface area contributed by atoms with Crippen LogP contribution >= 0.6 is 31.9 Å². The van der Waals surface area contributed by atoms with Crippen molar-refractivity contribution in [3.8, 4) is 5.75 Å². The lowest BCUT2D eigenvalue weighted by atomic mass is 10.2. The molecule has 0 atom stereocenters. The number of hydrogen-bond acceptors (Lipinski definition) is 3. The number of piperazine rings is 1. The first-order chi connectivity index (χ1) is 11.0. The summed E-state index contributed by atoms with van der Waals surface area (Å²) in [7, 11) is 0. The van der Waals surface area contributed by atoms with Crippen molar-refractivity contribution in [1.29, 1.82) is 0 Å². The normalized spacial score (nSPS) is 18.0. The molecule has 124 valence electrons. The van der Waals surface area contributed by atoms with E-state index >= 15 is 0 Å². The highest BCUT2D eigenvalue weighted by Crippen LogP contribution is 2.31. The molecule has 0 aromatic heterocycles. The van der Waals surface area contributed by atoms with Crippen molar-refractivity contribution in [2.75, 3.05) is 32.8 Å². The lowest BCUT2D eigenvalue weighted by molar-refractivity contribution is -0.141. The summed E-state index contributed by atoms with van der Waals surface area (Å²) in [6.45, 7) is 2.44. The van der Waals surface area contributed by atoms with Crippen molar-refractivity contribution in [2.24, 2.45) is 5.92 Å². The molecule has 1 heterocycles. The molecule has 7 heteroatoms. The van der Waals surface area contributed by atoms with Crippen LogP contribution in [0.2, 0.25) is 0 Å². The van der Waals surface area contributed by atoms with Gasteiger partial charge in [0.05, 0.1) is 4.47 Å². The maximum Gasteiger partial charge on any atom is 0.260 e. The third kappa shape index (κ3) is 4.26. The molecule has 5 nitrogen and oxygen atoms in total. The minimum absolute atomic E-state index is 0.0107. The van der Waals surface area contributed by atoms with Crippen molar-refractivity contribution >= 4 is 43.7 Å². The quantitative estimate of drug-likeness (QED) is 0.715. The highest BCUT2D eigenvalue weighted by molar-refractivity contribution is 9.11. The number of amides is 2. The van der Waals surface area contributed by atoms with Gasteiger partial charge in [-0.05, 0) is 47.0 Å². The van der Waals surface area contributed by atoms with Gasteiger partial charge in [0.25, 0.3) is 5.91 Å². The fourth-order valence-electron chi connectivity index (χ4n) is 2.59. The summed E-state index contributed by atoms with van der Waals surface area (Å²) in [4.78, 5) is 27.9. The summed E-state index contributed by atoms with van der Waals surface area (Å²) < 4.78 is 7.34. The lowest BCUT2D eigenvalue weighted by Crippen LogP contribution is -2.52. The minimum atomic E-state index is -0.0432. The smallest absolute Gasteiger partial charge is 0.260 e. The van der Waals surface area contributed by atoms with Crippen LogP contribution in [0.25, 0.3) is 0 Å². The Morgan fingerprint density at radius 2 is 1.74 bits per heavy atom. The fraction of sp³-hybridized carbons (Fsp3) is 0.500. The number of halogens is 2. The van der Waals surface area contributed by atoms with E-state index in [1.807, 2.05) is 23.1 Å². The lowest BCUT2D eigenvalue weighted by Gasteiger charge is -2.34. The largest absolute Gasteiger partial charge is 0.483 e. The van der Waals surface area contributed by atoms with Gasteiger partial charge >= 0.3 is 0 Å². The average molecular weight is 446 g/mol. The third-order valence-electron chi connectivity index (χ3n) is 4.12. The Hall–Kier alpha value is -1.08. The van der Waals surface area contributed by atoms with E-state index in [1.165, 1.54) is 0 Å². The monoisotopic (exact) mass is 444 g/mol. The first-order valence-corrected chi connectivity index (χ1v) is 9.27. The van der Waals surface area contributed by atoms with Gasteiger partial charge in [-0.2, -0.15) is 0 Å². The van der Waals surface area contributed by atoms with Crippen molar-refractivity contribution < 1.29 is 14.3 Å². The SMILES string of the molecule is O=C(COc1ccc(Br)cc1Br)N1CCN(C(=O)C2CC2)CC1. The Morgan fingerprint density at radius 3 is 2.35 bits per heavy atom. The molecule has 1 saturated heterocycles. The number of ether oxygens (including phenoxy) is 1. The first-order valence-electron chi connectivity index (χ1n) is 7.69. The maximum atomic E-state index is 12.2. The van der Waals surface area contributed by atoms with Crippen LogP contribution in [-0.4, -0.2) is 54.4 Å². The van der Waals surface area contributed by atoms with Crippen molar-refractivity contribution in [1.82, 2.24) is 9.80 Å². The molecule has 1 aromatic carbocycles. The second kappa shape index (κ2) is 7.21. The minimum Gasteiger partial charge on any atom is -0.483 e. The van der Waals surface area contributed by atoms with Crippen LogP contribution in [0, 0.1) is 5.92 Å². The molecule has 0 N–H and O–H groups in total. The van der Waals surface area contributed by atoms with Crippen LogP contribution in [0.1, 0.15) is 12.8 Å². The summed E-state index contributed by atoms with van der Waals surface area (Å²) >= 11 is 6.79. The van der Waals surface area contributed by atoms with Gasteiger partial charge in [0, 0.05) is 36.6 Å². The van der Waals surface area contributed by atoms with Gasteiger partial charge in [-0.1, -0.05) is 15.9 Å². The third-order valence-corrected chi connectivity index (χ3v) is 5.23. The maximum absolute atomic E-state index is 12.2. The summed E-state index contributed by atoms with van der Waals surface area (Å²) in [6.07, 6.45) is 2.04. The number of carbonyl (C=O) groups is 2. The number of carbonyl (C=O) groups excluding carboxylic acids is 2. The molecule has 1 aliphatic carbocycles. The molecule has 2 amide bonds. The van der Waals surface area contributed by atoms with Gasteiger partial charge in [-0.15, -0.1) is 0 Å². The summed E-state index contributed by atoms with van der Waals surface area (Å²) in [5, 5.41) is 0. The molecule has 1 aliphatic heterocycles. The second-order valence-corrected chi connectivity index (χ2v) is 7.61. The van der Waals surface area contributed by atoms with Crippen molar-refractivity contribution in [3.63, 3.8) is 0 Å². The predicted molar refractivity (Wildman–Crippen MR) is 93.2 cm³/mol. The second-order valence-electron chi connectivity index (χ2n) is 5.84. The zero-order chi connectivity index (χ0) is 16.4. The van der Waals surface area contributed by atoms with E-state index in [2.05, 4.69) is 31.9 Å². The molecule has 2 aliphatic rings. The fourth-order valence-corrected chi connectivity index (χ4v) is 3.75. The number of nitrogens with zero attached hydrogens (tertiary/aromatic N) is 2. The van der Waals surface area contributed by atoms with Gasteiger partial charge < -0.3 is 14.5 Å². The average Bonchev–Trinajstić information content (AvgIpc) is 3.38. The molecule has 0 radical (unpaired) electrons. The van der Waals surface area contributed by atoms with E-state index in [-0.39, 0.29) is 24.3 Å². The summed E-state index contributed by atoms with van der Waals surface area (Å²) in [6, 6.07) is 5.56. The molecular formula is C16H18Br2N2O3. The van der Waals surface area contributed by atoms with E-state index in [1.54, 1.807) is 4.90 Å². The van der Waals surface area contributed by atoms with E-state index in [0.717, 1.165) is 21.8 Å². The van der Waals surface area contributed by atoms with Crippen molar-refractivity contribution in [3.05, 3.63) is 27.1 Å². The molecule has 2 fully saturated rings. The van der Waals surface area contributed by atoms with Crippen LogP contribution < -0.4 is 4.74 Å². The van der Waals surface area contributed by atoms with Crippen molar-refractivity contribution in [2.45, 2.75) is 12.8 Å². The Labute approximate surface area is 152 Å². The van der Waals surface area contributed by atoms with Crippen LogP contribution in [0.4, 0.5) is 0 Å². The zero-order valence-corrected chi connectivity index (χ0v) is 15.8. The first kappa shape index (κ1) is 16.8. The van der Waals surface area contributed by atoms with Gasteiger partial charge in [0.1, 0.15) is 5.75 Å². The Morgan fingerprint density at radius 1 is 1.09 bits per heavy atom.